The van der Waals surface area contributed by atoms with Crippen molar-refractivity contribution in [1.82, 2.24) is 10.6 Å². The van der Waals surface area contributed by atoms with E-state index in [4.69, 9.17) is 4.74 Å². The number of carbonyl (C=O) groups excluding carboxylic acids is 1. The smallest absolute Gasteiger partial charge is 0.223 e. The molecule has 0 spiro atoms. The Hall–Kier alpha value is -1.30. The van der Waals surface area contributed by atoms with Crippen LogP contribution < -0.4 is 15.4 Å². The van der Waals surface area contributed by atoms with Crippen molar-refractivity contribution in [3.63, 3.8) is 0 Å². The average molecular weight is 343 g/mol. The first kappa shape index (κ1) is 19.7. The highest BCUT2D eigenvalue weighted by molar-refractivity contribution is 5.85. The van der Waals surface area contributed by atoms with Crippen LogP contribution in [-0.4, -0.2) is 42.9 Å². The van der Waals surface area contributed by atoms with Crippen molar-refractivity contribution in [2.24, 2.45) is 5.92 Å². The van der Waals surface area contributed by atoms with Gasteiger partial charge in [-0.1, -0.05) is 12.1 Å². The van der Waals surface area contributed by atoms with Gasteiger partial charge in [-0.3, -0.25) is 4.79 Å². The third kappa shape index (κ3) is 6.77. The summed E-state index contributed by atoms with van der Waals surface area (Å²) in [6.45, 7) is 5.35. The molecule has 0 bridgehead atoms. The normalized spacial score (nSPS) is 21.9. The number of benzene rings is 1. The van der Waals surface area contributed by atoms with E-state index >= 15 is 0 Å². The van der Waals surface area contributed by atoms with Crippen LogP contribution in [0.25, 0.3) is 0 Å². The van der Waals surface area contributed by atoms with Crippen LogP contribution in [0.3, 0.4) is 0 Å². The maximum Gasteiger partial charge on any atom is 0.223 e. The Morgan fingerprint density at radius 1 is 1.52 bits per heavy atom. The number of nitrogens with one attached hydrogen (secondary N) is 2. The lowest BCUT2D eigenvalue weighted by Gasteiger charge is -2.27. The van der Waals surface area contributed by atoms with Gasteiger partial charge in [0.2, 0.25) is 5.91 Å². The van der Waals surface area contributed by atoms with Crippen LogP contribution in [0, 0.1) is 12.8 Å². The maximum absolute atomic E-state index is 12.1. The number of amides is 1. The summed E-state index contributed by atoms with van der Waals surface area (Å²) in [6, 6.07) is 8.05. The van der Waals surface area contributed by atoms with Crippen LogP contribution in [0.2, 0.25) is 0 Å². The van der Waals surface area contributed by atoms with Gasteiger partial charge in [-0.05, 0) is 50.9 Å². The molecule has 0 aliphatic carbocycles. The quantitative estimate of drug-likeness (QED) is 0.735. The number of aliphatic hydroxyl groups excluding tert-OH is 1. The van der Waals surface area contributed by atoms with Gasteiger partial charge in [0.15, 0.2) is 0 Å². The number of carbonyl (C=O) groups is 1. The van der Waals surface area contributed by atoms with E-state index < -0.39 is 6.10 Å². The Labute approximate surface area is 144 Å². The predicted octanol–water partition coefficient (Wildman–Crippen LogP) is 1.66. The lowest BCUT2D eigenvalue weighted by atomic mass is 9.92. The van der Waals surface area contributed by atoms with Crippen molar-refractivity contribution in [3.8, 4) is 5.75 Å². The molecule has 1 amide bonds. The first-order chi connectivity index (χ1) is 10.5. The minimum atomic E-state index is -0.705. The number of aryl methyl sites for hydroxylation is 1. The molecule has 0 saturated carbocycles. The van der Waals surface area contributed by atoms with Gasteiger partial charge in [-0.25, -0.2) is 0 Å². The minimum Gasteiger partial charge on any atom is -0.491 e. The number of aliphatic hydroxyl groups is 1. The molecule has 23 heavy (non-hydrogen) atoms. The predicted molar refractivity (Wildman–Crippen MR) is 93.1 cm³/mol. The van der Waals surface area contributed by atoms with E-state index in [9.17, 15) is 9.90 Å². The van der Waals surface area contributed by atoms with Crippen LogP contribution in [-0.2, 0) is 4.79 Å². The summed E-state index contributed by atoms with van der Waals surface area (Å²) < 4.78 is 5.53. The highest BCUT2D eigenvalue weighted by Gasteiger charge is 2.24. The molecule has 0 aromatic heterocycles. The van der Waals surface area contributed by atoms with Crippen LogP contribution in [0.1, 0.15) is 25.3 Å². The first-order valence-corrected chi connectivity index (χ1v) is 7.93. The van der Waals surface area contributed by atoms with Crippen molar-refractivity contribution in [3.05, 3.63) is 29.8 Å². The fourth-order valence-electron chi connectivity index (χ4n) is 2.69. The number of halogens is 1. The molecule has 3 atom stereocenters. The zero-order valence-electron chi connectivity index (χ0n) is 13.7. The van der Waals surface area contributed by atoms with Crippen molar-refractivity contribution < 1.29 is 14.6 Å². The molecule has 1 heterocycles. The lowest BCUT2D eigenvalue weighted by Crippen LogP contribution is -2.44. The second-order valence-electron chi connectivity index (χ2n) is 6.10. The highest BCUT2D eigenvalue weighted by Crippen LogP contribution is 2.16. The Morgan fingerprint density at radius 2 is 2.30 bits per heavy atom. The second-order valence-corrected chi connectivity index (χ2v) is 6.10. The zero-order chi connectivity index (χ0) is 15.9. The summed E-state index contributed by atoms with van der Waals surface area (Å²) in [7, 11) is 0. The van der Waals surface area contributed by atoms with Gasteiger partial charge in [0.1, 0.15) is 18.5 Å². The van der Waals surface area contributed by atoms with Gasteiger partial charge in [-0.2, -0.15) is 0 Å². The largest absolute Gasteiger partial charge is 0.491 e. The van der Waals surface area contributed by atoms with E-state index in [1.54, 1.807) is 0 Å². The lowest BCUT2D eigenvalue weighted by molar-refractivity contribution is -0.126. The summed E-state index contributed by atoms with van der Waals surface area (Å²) in [4.78, 5) is 12.1. The number of ether oxygens (including phenoxy) is 1. The average Bonchev–Trinajstić information content (AvgIpc) is 2.50. The molecular formula is C17H27ClN2O3. The van der Waals surface area contributed by atoms with Crippen molar-refractivity contribution in [2.45, 2.75) is 38.8 Å². The Morgan fingerprint density at radius 3 is 3.00 bits per heavy atom. The van der Waals surface area contributed by atoms with Crippen LogP contribution in [0.4, 0.5) is 0 Å². The van der Waals surface area contributed by atoms with Gasteiger partial charge < -0.3 is 20.5 Å². The summed E-state index contributed by atoms with van der Waals surface area (Å²) in [5, 5.41) is 16.1. The minimum absolute atomic E-state index is 0. The van der Waals surface area contributed by atoms with E-state index in [2.05, 4.69) is 17.6 Å². The molecule has 3 N–H and O–H groups in total. The van der Waals surface area contributed by atoms with Gasteiger partial charge >= 0.3 is 0 Å². The molecule has 0 radical (unpaired) electrons. The van der Waals surface area contributed by atoms with Crippen LogP contribution >= 0.6 is 12.4 Å². The molecule has 1 fully saturated rings. The molecule has 1 aliphatic heterocycles. The van der Waals surface area contributed by atoms with E-state index in [-0.39, 0.29) is 37.4 Å². The zero-order valence-corrected chi connectivity index (χ0v) is 14.6. The topological polar surface area (TPSA) is 70.6 Å². The SMILES string of the molecule is Cc1cccc(OCC(O)CNC(=O)[C@H]2CCN[C@@H](C)C2)c1.Cl. The molecule has 1 aromatic rings. The van der Waals surface area contributed by atoms with E-state index in [1.807, 2.05) is 31.2 Å². The number of hydrogen-bond donors (Lipinski definition) is 3. The third-order valence-electron chi connectivity index (χ3n) is 3.94. The van der Waals surface area contributed by atoms with Gasteiger partial charge in [-0.15, -0.1) is 12.4 Å². The Balaban J connectivity index is 0.00000264. The van der Waals surface area contributed by atoms with Gasteiger partial charge in [0.05, 0.1) is 0 Å². The summed E-state index contributed by atoms with van der Waals surface area (Å²) in [5.41, 5.74) is 1.11. The molecule has 1 aromatic carbocycles. The van der Waals surface area contributed by atoms with Gasteiger partial charge in [0, 0.05) is 18.5 Å². The summed E-state index contributed by atoms with van der Waals surface area (Å²) in [6.07, 6.45) is 0.997. The Kier molecular flexibility index (Phi) is 8.37. The molecular weight excluding hydrogens is 316 g/mol. The standard InChI is InChI=1S/C17H26N2O3.ClH/c1-12-4-3-5-16(8-12)22-11-15(20)10-19-17(21)14-6-7-18-13(2)9-14;/h3-5,8,13-15,18,20H,6-7,9-11H2,1-2H3,(H,19,21);1H/t13-,14-,15?;/m0./s1. The number of piperidine rings is 1. The molecule has 1 unspecified atom stereocenters. The molecule has 130 valence electrons. The first-order valence-electron chi connectivity index (χ1n) is 7.93. The Bertz CT molecular complexity index is 498. The molecule has 6 heteroatoms. The fraction of sp³-hybridized carbons (Fsp3) is 0.588. The number of hydrogen-bond acceptors (Lipinski definition) is 4. The summed E-state index contributed by atoms with van der Waals surface area (Å²) in [5.74, 6) is 0.807. The van der Waals surface area contributed by atoms with Crippen molar-refractivity contribution >= 4 is 18.3 Å². The third-order valence-corrected chi connectivity index (χ3v) is 3.94. The molecule has 2 rings (SSSR count). The summed E-state index contributed by atoms with van der Waals surface area (Å²) >= 11 is 0. The van der Waals surface area contributed by atoms with E-state index in [1.165, 1.54) is 0 Å². The van der Waals surface area contributed by atoms with E-state index in [0.29, 0.717) is 6.04 Å². The maximum atomic E-state index is 12.1. The highest BCUT2D eigenvalue weighted by atomic mass is 35.5. The van der Waals surface area contributed by atoms with E-state index in [0.717, 1.165) is 30.7 Å². The number of rotatable bonds is 6. The van der Waals surface area contributed by atoms with Crippen molar-refractivity contribution in [1.29, 1.82) is 0 Å². The molecule has 1 aliphatic rings. The fourth-order valence-corrected chi connectivity index (χ4v) is 2.69. The monoisotopic (exact) mass is 342 g/mol. The second kappa shape index (κ2) is 9.75. The van der Waals surface area contributed by atoms with Gasteiger partial charge in [0.25, 0.3) is 0 Å². The van der Waals surface area contributed by atoms with Crippen LogP contribution in [0.5, 0.6) is 5.75 Å². The molecule has 1 saturated heterocycles. The van der Waals surface area contributed by atoms with Crippen LogP contribution in [0.15, 0.2) is 24.3 Å². The van der Waals surface area contributed by atoms with Crippen molar-refractivity contribution in [2.75, 3.05) is 19.7 Å². The molecule has 5 nitrogen and oxygen atoms in total.